The number of aliphatic hydroxyl groups is 1. The first-order chi connectivity index (χ1) is 9.25. The summed E-state index contributed by atoms with van der Waals surface area (Å²) in [4.78, 5) is 4.33. The zero-order valence-corrected chi connectivity index (χ0v) is 11.5. The van der Waals surface area contributed by atoms with Gasteiger partial charge in [0.05, 0.1) is 12.1 Å². The van der Waals surface area contributed by atoms with Crippen molar-refractivity contribution in [3.63, 3.8) is 0 Å². The third kappa shape index (κ3) is 2.69. The fourth-order valence-corrected chi connectivity index (χ4v) is 2.38. The molecule has 4 nitrogen and oxygen atoms in total. The Balaban J connectivity index is 2.35. The topological polar surface area (TPSA) is 50.1 Å². The van der Waals surface area contributed by atoms with Crippen molar-refractivity contribution in [1.82, 2.24) is 14.9 Å². The van der Waals surface area contributed by atoms with Gasteiger partial charge >= 0.3 is 0 Å². The smallest absolute Gasteiger partial charge is 0.108 e. The first kappa shape index (κ1) is 13.8. The van der Waals surface area contributed by atoms with Crippen LogP contribution in [-0.4, -0.2) is 28.3 Å². The zero-order chi connectivity index (χ0) is 13.7. The summed E-state index contributed by atoms with van der Waals surface area (Å²) < 4.78 is 2.10. The number of nitrogens with one attached hydrogen (secondary N) is 1. The number of hydrogen-bond acceptors (Lipinski definition) is 3. The van der Waals surface area contributed by atoms with E-state index in [1.807, 2.05) is 49.8 Å². The van der Waals surface area contributed by atoms with Gasteiger partial charge in [-0.15, -0.1) is 0 Å². The number of aromatic nitrogens is 2. The van der Waals surface area contributed by atoms with Gasteiger partial charge in [0, 0.05) is 25.4 Å². The third-order valence-corrected chi connectivity index (χ3v) is 3.63. The van der Waals surface area contributed by atoms with Crippen LogP contribution in [0.4, 0.5) is 0 Å². The van der Waals surface area contributed by atoms with Crippen molar-refractivity contribution in [2.75, 3.05) is 13.7 Å². The van der Waals surface area contributed by atoms with E-state index in [0.717, 1.165) is 17.8 Å². The summed E-state index contributed by atoms with van der Waals surface area (Å²) in [6.07, 6.45) is 4.65. The number of hydrogen-bond donors (Lipinski definition) is 2. The third-order valence-electron chi connectivity index (χ3n) is 3.63. The summed E-state index contributed by atoms with van der Waals surface area (Å²) in [6, 6.07) is 10.0. The number of rotatable bonds is 6. The van der Waals surface area contributed by atoms with E-state index in [1.165, 1.54) is 0 Å². The Bertz CT molecular complexity index is 503. The van der Waals surface area contributed by atoms with Gasteiger partial charge in [0.25, 0.3) is 0 Å². The molecule has 0 amide bonds. The predicted octanol–water partition coefficient (Wildman–Crippen LogP) is 1.55. The summed E-state index contributed by atoms with van der Waals surface area (Å²) in [5.74, 6) is 1.03. The molecule has 1 unspecified atom stereocenters. The number of aliphatic hydroxyl groups excluding tert-OH is 1. The van der Waals surface area contributed by atoms with Crippen LogP contribution in [0.15, 0.2) is 42.7 Å². The van der Waals surface area contributed by atoms with Crippen molar-refractivity contribution in [2.24, 2.45) is 0 Å². The van der Waals surface area contributed by atoms with Gasteiger partial charge in [0.1, 0.15) is 5.82 Å². The SMILES string of the molecule is CCc1nccn1CC(CO)(NC)c1ccccc1. The largest absolute Gasteiger partial charge is 0.394 e. The average molecular weight is 259 g/mol. The van der Waals surface area contributed by atoms with E-state index in [0.29, 0.717) is 6.54 Å². The Kier molecular flexibility index (Phi) is 4.35. The Morgan fingerprint density at radius 1 is 1.32 bits per heavy atom. The summed E-state index contributed by atoms with van der Waals surface area (Å²) >= 11 is 0. The number of imidazole rings is 1. The van der Waals surface area contributed by atoms with Crippen LogP contribution in [0.2, 0.25) is 0 Å². The van der Waals surface area contributed by atoms with Crippen molar-refractivity contribution in [1.29, 1.82) is 0 Å². The van der Waals surface area contributed by atoms with Gasteiger partial charge in [0.2, 0.25) is 0 Å². The van der Waals surface area contributed by atoms with Gasteiger partial charge in [-0.1, -0.05) is 37.3 Å². The molecular formula is C15H21N3O. The molecule has 4 heteroatoms. The highest BCUT2D eigenvalue weighted by Gasteiger charge is 2.30. The van der Waals surface area contributed by atoms with E-state index >= 15 is 0 Å². The number of benzene rings is 1. The van der Waals surface area contributed by atoms with Gasteiger partial charge in [-0.25, -0.2) is 4.98 Å². The highest BCUT2D eigenvalue weighted by atomic mass is 16.3. The Labute approximate surface area is 114 Å². The van der Waals surface area contributed by atoms with E-state index in [9.17, 15) is 5.11 Å². The van der Waals surface area contributed by atoms with Crippen molar-refractivity contribution >= 4 is 0 Å². The first-order valence-electron chi connectivity index (χ1n) is 6.61. The second-order valence-electron chi connectivity index (χ2n) is 4.68. The lowest BCUT2D eigenvalue weighted by atomic mass is 9.90. The average Bonchev–Trinajstić information content (AvgIpc) is 2.93. The molecule has 0 aliphatic rings. The predicted molar refractivity (Wildman–Crippen MR) is 75.9 cm³/mol. The van der Waals surface area contributed by atoms with Crippen LogP contribution in [0.25, 0.3) is 0 Å². The van der Waals surface area contributed by atoms with Gasteiger partial charge < -0.3 is 15.0 Å². The molecule has 1 aromatic heterocycles. The Hall–Kier alpha value is -1.65. The molecule has 1 atom stereocenters. The molecule has 1 heterocycles. The second-order valence-corrected chi connectivity index (χ2v) is 4.68. The van der Waals surface area contributed by atoms with E-state index in [1.54, 1.807) is 0 Å². The molecule has 0 fully saturated rings. The Morgan fingerprint density at radius 3 is 2.63 bits per heavy atom. The lowest BCUT2D eigenvalue weighted by Gasteiger charge is -2.33. The molecule has 2 N–H and O–H groups in total. The van der Waals surface area contributed by atoms with E-state index in [4.69, 9.17) is 0 Å². The summed E-state index contributed by atoms with van der Waals surface area (Å²) in [7, 11) is 1.88. The van der Waals surface area contributed by atoms with Gasteiger partial charge in [0.15, 0.2) is 0 Å². The van der Waals surface area contributed by atoms with Crippen molar-refractivity contribution in [2.45, 2.75) is 25.4 Å². The molecule has 2 rings (SSSR count). The fraction of sp³-hybridized carbons (Fsp3) is 0.400. The maximum Gasteiger partial charge on any atom is 0.108 e. The molecule has 0 saturated heterocycles. The van der Waals surface area contributed by atoms with Crippen LogP contribution in [0.1, 0.15) is 18.3 Å². The van der Waals surface area contributed by atoms with Crippen molar-refractivity contribution < 1.29 is 5.11 Å². The standard InChI is InChI=1S/C15H21N3O/c1-3-14-17-9-10-18(14)11-15(12-19,16-2)13-7-5-4-6-8-13/h4-10,16,19H,3,11-12H2,1-2H3. The van der Waals surface area contributed by atoms with Crippen molar-refractivity contribution in [3.05, 3.63) is 54.1 Å². The van der Waals surface area contributed by atoms with Crippen LogP contribution in [0, 0.1) is 0 Å². The normalized spacial score (nSPS) is 14.3. The quantitative estimate of drug-likeness (QED) is 0.827. The molecule has 0 aliphatic carbocycles. The van der Waals surface area contributed by atoms with Crippen LogP contribution in [0.3, 0.4) is 0 Å². The minimum Gasteiger partial charge on any atom is -0.394 e. The van der Waals surface area contributed by atoms with Crippen LogP contribution in [0.5, 0.6) is 0 Å². The molecule has 0 aliphatic heterocycles. The number of aryl methyl sites for hydroxylation is 1. The molecule has 102 valence electrons. The summed E-state index contributed by atoms with van der Waals surface area (Å²) in [5, 5.41) is 13.2. The molecular weight excluding hydrogens is 238 g/mol. The Morgan fingerprint density at radius 2 is 2.05 bits per heavy atom. The van der Waals surface area contributed by atoms with Gasteiger partial charge in [-0.05, 0) is 12.6 Å². The van der Waals surface area contributed by atoms with Crippen LogP contribution < -0.4 is 5.32 Å². The molecule has 0 spiro atoms. The van der Waals surface area contributed by atoms with Crippen molar-refractivity contribution in [3.8, 4) is 0 Å². The van der Waals surface area contributed by atoms with Crippen LogP contribution in [-0.2, 0) is 18.5 Å². The zero-order valence-electron chi connectivity index (χ0n) is 11.5. The number of likely N-dealkylation sites (N-methyl/N-ethyl adjacent to an activating group) is 1. The molecule has 1 aromatic carbocycles. The first-order valence-corrected chi connectivity index (χ1v) is 6.61. The van der Waals surface area contributed by atoms with Crippen LogP contribution >= 0.6 is 0 Å². The second kappa shape index (κ2) is 5.99. The number of nitrogens with zero attached hydrogens (tertiary/aromatic N) is 2. The molecule has 2 aromatic rings. The monoisotopic (exact) mass is 259 g/mol. The maximum atomic E-state index is 9.90. The van der Waals surface area contributed by atoms with Gasteiger partial charge in [-0.2, -0.15) is 0 Å². The lowest BCUT2D eigenvalue weighted by Crippen LogP contribution is -2.47. The highest BCUT2D eigenvalue weighted by Crippen LogP contribution is 2.23. The summed E-state index contributed by atoms with van der Waals surface area (Å²) in [6.45, 7) is 2.78. The molecule has 19 heavy (non-hydrogen) atoms. The molecule has 0 saturated carbocycles. The highest BCUT2D eigenvalue weighted by molar-refractivity contribution is 5.24. The van der Waals surface area contributed by atoms with E-state index < -0.39 is 5.54 Å². The molecule has 0 radical (unpaired) electrons. The van der Waals surface area contributed by atoms with E-state index in [-0.39, 0.29) is 6.61 Å². The minimum atomic E-state index is -0.480. The maximum absolute atomic E-state index is 9.90. The fourth-order valence-electron chi connectivity index (χ4n) is 2.38. The minimum absolute atomic E-state index is 0.0366. The van der Waals surface area contributed by atoms with E-state index in [2.05, 4.69) is 21.8 Å². The summed E-state index contributed by atoms with van der Waals surface area (Å²) in [5.41, 5.74) is 0.599. The van der Waals surface area contributed by atoms with Gasteiger partial charge in [-0.3, -0.25) is 0 Å². The molecule has 0 bridgehead atoms. The lowest BCUT2D eigenvalue weighted by molar-refractivity contribution is 0.149.